The number of ether oxygens (including phenoxy) is 3. The van der Waals surface area contributed by atoms with Gasteiger partial charge >= 0.3 is 0 Å². The Morgan fingerprint density at radius 1 is 1.22 bits per heavy atom. The molecule has 2 heterocycles. The van der Waals surface area contributed by atoms with Crippen LogP contribution < -0.4 is 4.74 Å². The third-order valence-electron chi connectivity index (χ3n) is 4.27. The van der Waals surface area contributed by atoms with Crippen LogP contribution in [0.2, 0.25) is 0 Å². The van der Waals surface area contributed by atoms with E-state index in [2.05, 4.69) is 4.98 Å². The summed E-state index contributed by atoms with van der Waals surface area (Å²) in [4.78, 5) is 15.2. The van der Waals surface area contributed by atoms with Crippen LogP contribution in [0.15, 0.2) is 48.7 Å². The van der Waals surface area contributed by atoms with Crippen LogP contribution in [-0.2, 0) is 9.47 Å². The molecular formula is C20H22N2O5. The van der Waals surface area contributed by atoms with Gasteiger partial charge in [0, 0.05) is 42.7 Å². The number of benzene rings is 1. The third kappa shape index (κ3) is 3.84. The van der Waals surface area contributed by atoms with Crippen LogP contribution in [0.5, 0.6) is 5.75 Å². The van der Waals surface area contributed by atoms with Gasteiger partial charge in [-0.05, 0) is 45.0 Å². The molecular weight excluding hydrogens is 348 g/mol. The molecule has 27 heavy (non-hydrogen) atoms. The van der Waals surface area contributed by atoms with Gasteiger partial charge in [0.05, 0.1) is 10.6 Å². The number of hydrogen-bond acceptors (Lipinski definition) is 6. The molecule has 7 nitrogen and oxygen atoms in total. The van der Waals surface area contributed by atoms with Gasteiger partial charge < -0.3 is 14.2 Å². The topological polar surface area (TPSA) is 83.7 Å². The Balaban J connectivity index is 2.16. The molecule has 0 radical (unpaired) electrons. The predicted molar refractivity (Wildman–Crippen MR) is 100 cm³/mol. The van der Waals surface area contributed by atoms with E-state index in [4.69, 9.17) is 14.2 Å². The number of aromatic nitrogens is 1. The summed E-state index contributed by atoms with van der Waals surface area (Å²) in [7, 11) is 0. The van der Waals surface area contributed by atoms with Crippen molar-refractivity contribution in [2.45, 2.75) is 32.7 Å². The van der Waals surface area contributed by atoms with Crippen molar-refractivity contribution >= 4 is 11.3 Å². The van der Waals surface area contributed by atoms with Crippen molar-refractivity contribution in [3.8, 4) is 5.75 Å². The van der Waals surface area contributed by atoms with Gasteiger partial charge in [-0.3, -0.25) is 15.1 Å². The molecule has 0 fully saturated rings. The average Bonchev–Trinajstić information content (AvgIpc) is 2.67. The summed E-state index contributed by atoms with van der Waals surface area (Å²) in [6.45, 7) is 6.57. The van der Waals surface area contributed by atoms with Gasteiger partial charge in [0.15, 0.2) is 5.60 Å². The van der Waals surface area contributed by atoms with Crippen molar-refractivity contribution in [3.63, 3.8) is 0 Å². The van der Waals surface area contributed by atoms with Crippen molar-refractivity contribution in [2.75, 3.05) is 13.2 Å². The molecule has 1 unspecified atom stereocenters. The molecule has 1 aromatic carbocycles. The molecule has 7 heteroatoms. The molecule has 3 rings (SSSR count). The average molecular weight is 370 g/mol. The van der Waals surface area contributed by atoms with Crippen LogP contribution in [0, 0.1) is 10.1 Å². The Morgan fingerprint density at radius 2 is 1.96 bits per heavy atom. The lowest BCUT2D eigenvalue weighted by atomic mass is 9.90. The van der Waals surface area contributed by atoms with Crippen molar-refractivity contribution in [1.29, 1.82) is 0 Å². The van der Waals surface area contributed by atoms with E-state index in [1.54, 1.807) is 12.3 Å². The summed E-state index contributed by atoms with van der Waals surface area (Å²) in [6, 6.07) is 10.1. The molecule has 0 saturated heterocycles. The fraction of sp³-hybridized carbons (Fsp3) is 0.350. The lowest BCUT2D eigenvalue weighted by Gasteiger charge is -2.38. The predicted octanol–water partition coefficient (Wildman–Crippen LogP) is 3.97. The normalized spacial score (nSPS) is 18.6. The van der Waals surface area contributed by atoms with E-state index in [9.17, 15) is 10.1 Å². The van der Waals surface area contributed by atoms with E-state index < -0.39 is 16.8 Å². The van der Waals surface area contributed by atoms with Gasteiger partial charge in [-0.15, -0.1) is 0 Å². The first-order chi connectivity index (χ1) is 13.0. The largest absolute Gasteiger partial charge is 0.477 e. The number of nitro groups is 1. The number of non-ortho nitro benzene ring substituents is 1. The van der Waals surface area contributed by atoms with E-state index in [0.717, 1.165) is 5.57 Å². The molecule has 0 N–H and O–H groups in total. The number of fused-ring (bicyclic) bond motifs is 1. The highest BCUT2D eigenvalue weighted by Crippen LogP contribution is 2.42. The number of pyridine rings is 1. The molecule has 0 amide bonds. The fourth-order valence-corrected chi connectivity index (χ4v) is 3.09. The summed E-state index contributed by atoms with van der Waals surface area (Å²) >= 11 is 0. The fourth-order valence-electron chi connectivity index (χ4n) is 3.09. The molecule has 1 aliphatic heterocycles. The molecule has 1 aromatic heterocycles. The molecule has 1 aliphatic rings. The number of rotatable bonds is 7. The number of nitrogens with zero attached hydrogens (tertiary/aromatic N) is 2. The lowest BCUT2D eigenvalue weighted by Crippen LogP contribution is -2.48. The number of hydrogen-bond donors (Lipinski definition) is 0. The molecule has 142 valence electrons. The molecule has 2 aromatic rings. The minimum absolute atomic E-state index is 0.00560. The van der Waals surface area contributed by atoms with Crippen LogP contribution in [-0.4, -0.2) is 35.0 Å². The summed E-state index contributed by atoms with van der Waals surface area (Å²) in [5.41, 5.74) is 1.14. The zero-order valence-electron chi connectivity index (χ0n) is 15.5. The molecule has 1 atom stereocenters. The van der Waals surface area contributed by atoms with Crippen LogP contribution in [0.3, 0.4) is 0 Å². The molecule has 0 saturated carbocycles. The van der Waals surface area contributed by atoms with Crippen molar-refractivity contribution in [1.82, 2.24) is 4.98 Å². The zero-order chi connectivity index (χ0) is 19.4. The van der Waals surface area contributed by atoms with Crippen LogP contribution in [0.1, 0.15) is 32.0 Å². The second-order valence-electron chi connectivity index (χ2n) is 6.24. The second kappa shape index (κ2) is 7.85. The highest BCUT2D eigenvalue weighted by molar-refractivity contribution is 5.84. The maximum absolute atomic E-state index is 11.2. The van der Waals surface area contributed by atoms with Crippen molar-refractivity contribution < 1.29 is 19.1 Å². The van der Waals surface area contributed by atoms with Crippen LogP contribution in [0.25, 0.3) is 5.57 Å². The summed E-state index contributed by atoms with van der Waals surface area (Å²) in [6.07, 6.45) is 2.93. The number of nitro benzene ring substituents is 1. The SMILES string of the molecule is CCOC(OCC)C1(C)C=C(c2ccccn2)c2cc([N+](=O)[O-])ccc2O1. The van der Waals surface area contributed by atoms with Crippen molar-refractivity contribution in [3.05, 3.63) is 70.0 Å². The minimum Gasteiger partial charge on any atom is -0.477 e. The van der Waals surface area contributed by atoms with Gasteiger partial charge in [-0.1, -0.05) is 6.07 Å². The molecule has 0 bridgehead atoms. The Kier molecular flexibility index (Phi) is 5.53. The van der Waals surface area contributed by atoms with E-state index in [0.29, 0.717) is 30.2 Å². The smallest absolute Gasteiger partial charge is 0.270 e. The highest BCUT2D eigenvalue weighted by Gasteiger charge is 2.41. The van der Waals surface area contributed by atoms with Gasteiger partial charge in [0.1, 0.15) is 5.75 Å². The molecule has 0 aliphatic carbocycles. The third-order valence-corrected chi connectivity index (χ3v) is 4.27. The van der Waals surface area contributed by atoms with E-state index in [1.807, 2.05) is 45.0 Å². The van der Waals surface area contributed by atoms with Crippen LogP contribution in [0.4, 0.5) is 5.69 Å². The first kappa shape index (κ1) is 19.0. The van der Waals surface area contributed by atoms with E-state index in [-0.39, 0.29) is 5.69 Å². The van der Waals surface area contributed by atoms with Gasteiger partial charge in [-0.25, -0.2) is 0 Å². The van der Waals surface area contributed by atoms with E-state index in [1.165, 1.54) is 12.1 Å². The maximum atomic E-state index is 11.2. The first-order valence-corrected chi connectivity index (χ1v) is 8.83. The van der Waals surface area contributed by atoms with E-state index >= 15 is 0 Å². The summed E-state index contributed by atoms with van der Waals surface area (Å²) < 4.78 is 17.7. The summed E-state index contributed by atoms with van der Waals surface area (Å²) in [5, 5.41) is 11.2. The van der Waals surface area contributed by atoms with Gasteiger partial charge in [0.25, 0.3) is 5.69 Å². The highest BCUT2D eigenvalue weighted by atomic mass is 16.7. The Hall–Kier alpha value is -2.77. The Bertz CT molecular complexity index is 847. The van der Waals surface area contributed by atoms with Crippen molar-refractivity contribution in [2.24, 2.45) is 0 Å². The lowest BCUT2D eigenvalue weighted by molar-refractivity contribution is -0.384. The quantitative estimate of drug-likeness (QED) is 0.416. The van der Waals surface area contributed by atoms with Gasteiger partial charge in [-0.2, -0.15) is 0 Å². The monoisotopic (exact) mass is 370 g/mol. The molecule has 0 spiro atoms. The zero-order valence-corrected chi connectivity index (χ0v) is 15.5. The first-order valence-electron chi connectivity index (χ1n) is 8.83. The minimum atomic E-state index is -0.915. The van der Waals surface area contributed by atoms with Crippen LogP contribution >= 0.6 is 0 Å². The summed E-state index contributed by atoms with van der Waals surface area (Å²) in [5.74, 6) is 0.524. The second-order valence-corrected chi connectivity index (χ2v) is 6.24. The Labute approximate surface area is 157 Å². The van der Waals surface area contributed by atoms with Gasteiger partial charge in [0.2, 0.25) is 6.29 Å². The standard InChI is InChI=1S/C20H22N2O5/c1-4-25-19(26-5-2)20(3)13-16(17-8-6-7-11-21-17)15-12-14(22(23)24)9-10-18(15)27-20/h6-13,19H,4-5H2,1-3H3. The Morgan fingerprint density at radius 3 is 2.56 bits per heavy atom. The maximum Gasteiger partial charge on any atom is 0.270 e.